The number of nitrogens with zero attached hydrogens (tertiary/aromatic N) is 2. The summed E-state index contributed by atoms with van der Waals surface area (Å²) in [5.74, 6) is -1.65. The van der Waals surface area contributed by atoms with E-state index in [1.165, 1.54) is 28.4 Å². The number of aromatic nitrogens is 1. The first kappa shape index (κ1) is 22.3. The summed E-state index contributed by atoms with van der Waals surface area (Å²) < 4.78 is 14.2. The van der Waals surface area contributed by atoms with Gasteiger partial charge in [0.2, 0.25) is 0 Å². The minimum absolute atomic E-state index is 0.280. The van der Waals surface area contributed by atoms with Crippen LogP contribution in [0.5, 0.6) is 0 Å². The summed E-state index contributed by atoms with van der Waals surface area (Å²) in [5.41, 5.74) is 3.60. The fraction of sp³-hybridized carbons (Fsp3) is 0.160. The van der Waals surface area contributed by atoms with Crippen LogP contribution in [0.1, 0.15) is 23.2 Å². The molecule has 3 aromatic carbocycles. The van der Waals surface area contributed by atoms with Gasteiger partial charge in [-0.15, -0.1) is 0 Å². The van der Waals surface area contributed by atoms with Crippen LogP contribution in [0.15, 0.2) is 60.7 Å². The van der Waals surface area contributed by atoms with Crippen molar-refractivity contribution in [3.63, 3.8) is 0 Å². The van der Waals surface area contributed by atoms with E-state index in [4.69, 9.17) is 11.6 Å². The average Bonchev–Trinajstić information content (AvgIpc) is 3.46. The molecule has 1 atom stereocenters. The summed E-state index contributed by atoms with van der Waals surface area (Å²) in [7, 11) is 0. The smallest absolute Gasteiger partial charge is 0.326 e. The van der Waals surface area contributed by atoms with Crippen molar-refractivity contribution in [2.45, 2.75) is 18.9 Å². The number of fused-ring (bicyclic) bond motifs is 1. The Balaban J connectivity index is 1.32. The Bertz CT molecular complexity index is 1410. The van der Waals surface area contributed by atoms with Crippen LogP contribution in [-0.4, -0.2) is 39.5 Å². The maximum absolute atomic E-state index is 13.4. The number of hydrogen-bond acceptors (Lipinski definition) is 5. The highest BCUT2D eigenvalue weighted by Crippen LogP contribution is 2.32. The van der Waals surface area contributed by atoms with E-state index in [0.29, 0.717) is 30.1 Å². The van der Waals surface area contributed by atoms with Crippen molar-refractivity contribution in [3.05, 3.63) is 77.1 Å². The molecule has 2 heterocycles. The lowest BCUT2D eigenvalue weighted by atomic mass is 10.0. The van der Waals surface area contributed by atoms with Crippen LogP contribution < -0.4 is 5.32 Å². The zero-order valence-corrected chi connectivity index (χ0v) is 19.4. The van der Waals surface area contributed by atoms with Crippen LogP contribution in [0.4, 0.5) is 15.2 Å². The van der Waals surface area contributed by atoms with Crippen LogP contribution in [0.2, 0.25) is 5.02 Å². The van der Waals surface area contributed by atoms with Crippen LogP contribution >= 0.6 is 22.9 Å². The highest BCUT2D eigenvalue weighted by molar-refractivity contribution is 7.22. The number of anilines is 2. The van der Waals surface area contributed by atoms with Gasteiger partial charge in [-0.1, -0.05) is 41.1 Å². The molecule has 1 aliphatic heterocycles. The minimum atomic E-state index is -0.995. The molecule has 34 heavy (non-hydrogen) atoms. The molecule has 2 N–H and O–H groups in total. The first-order valence-electron chi connectivity index (χ1n) is 10.7. The SMILES string of the molecule is O=C(O)[C@@H]1CCCN1C(=O)c1ccc(-c2ccc(Nc3nc4ccc(F)cc4s3)cc2)cc1Cl. The van der Waals surface area contributed by atoms with Crippen LogP contribution in [-0.2, 0) is 4.79 Å². The van der Waals surface area contributed by atoms with Gasteiger partial charge in [0.25, 0.3) is 5.91 Å². The third kappa shape index (κ3) is 4.34. The van der Waals surface area contributed by atoms with Gasteiger partial charge in [-0.05, 0) is 66.4 Å². The largest absolute Gasteiger partial charge is 0.480 e. The van der Waals surface area contributed by atoms with Crippen molar-refractivity contribution in [2.75, 3.05) is 11.9 Å². The number of carbonyl (C=O) groups excluding carboxylic acids is 1. The summed E-state index contributed by atoms with van der Waals surface area (Å²) in [6, 6.07) is 16.5. The fourth-order valence-electron chi connectivity index (χ4n) is 4.11. The molecule has 1 saturated heterocycles. The molecule has 0 radical (unpaired) electrons. The Morgan fingerprint density at radius 1 is 1.09 bits per heavy atom. The number of halogens is 2. The van der Waals surface area contributed by atoms with E-state index in [2.05, 4.69) is 10.3 Å². The molecular weight excluding hydrogens is 477 g/mol. The van der Waals surface area contributed by atoms with Crippen molar-refractivity contribution in [1.82, 2.24) is 9.88 Å². The molecule has 0 spiro atoms. The first-order chi connectivity index (χ1) is 16.4. The quantitative estimate of drug-likeness (QED) is 0.345. The number of benzene rings is 3. The Kier molecular flexibility index (Phi) is 5.93. The average molecular weight is 496 g/mol. The molecule has 5 rings (SSSR count). The Labute approximate surface area is 203 Å². The number of amides is 1. The monoisotopic (exact) mass is 495 g/mol. The predicted octanol–water partition coefficient (Wildman–Crippen LogP) is 6.19. The van der Waals surface area contributed by atoms with E-state index >= 15 is 0 Å². The molecule has 0 bridgehead atoms. The number of nitrogens with one attached hydrogen (secondary N) is 1. The highest BCUT2D eigenvalue weighted by Gasteiger charge is 2.35. The molecule has 1 fully saturated rings. The Morgan fingerprint density at radius 2 is 1.85 bits per heavy atom. The number of carboxylic acids is 1. The summed E-state index contributed by atoms with van der Waals surface area (Å²) in [6.45, 7) is 0.409. The van der Waals surface area contributed by atoms with Crippen LogP contribution in [0.3, 0.4) is 0 Å². The zero-order valence-electron chi connectivity index (χ0n) is 17.8. The van der Waals surface area contributed by atoms with Gasteiger partial charge in [-0.3, -0.25) is 4.79 Å². The lowest BCUT2D eigenvalue weighted by Crippen LogP contribution is -2.40. The molecule has 4 aromatic rings. The van der Waals surface area contributed by atoms with E-state index in [1.54, 1.807) is 24.3 Å². The van der Waals surface area contributed by atoms with E-state index in [9.17, 15) is 19.1 Å². The van der Waals surface area contributed by atoms with Crippen molar-refractivity contribution in [2.24, 2.45) is 0 Å². The molecule has 172 valence electrons. The second-order valence-electron chi connectivity index (χ2n) is 8.02. The topological polar surface area (TPSA) is 82.5 Å². The molecule has 6 nitrogen and oxygen atoms in total. The van der Waals surface area contributed by atoms with Gasteiger partial charge in [0.1, 0.15) is 11.9 Å². The van der Waals surface area contributed by atoms with Gasteiger partial charge in [0, 0.05) is 12.2 Å². The van der Waals surface area contributed by atoms with E-state index in [1.807, 2.05) is 24.3 Å². The van der Waals surface area contributed by atoms with Crippen molar-refractivity contribution < 1.29 is 19.1 Å². The third-order valence-electron chi connectivity index (χ3n) is 5.82. The first-order valence-corrected chi connectivity index (χ1v) is 11.9. The van der Waals surface area contributed by atoms with Crippen molar-refractivity contribution >= 4 is 55.8 Å². The molecule has 1 aromatic heterocycles. The maximum Gasteiger partial charge on any atom is 0.326 e. The van der Waals surface area contributed by atoms with E-state index in [-0.39, 0.29) is 16.7 Å². The van der Waals surface area contributed by atoms with Gasteiger partial charge in [-0.2, -0.15) is 0 Å². The summed E-state index contributed by atoms with van der Waals surface area (Å²) in [6.07, 6.45) is 1.11. The molecular formula is C25H19ClFN3O3S. The number of aliphatic carboxylic acids is 1. The molecule has 9 heteroatoms. The molecule has 0 saturated carbocycles. The fourth-order valence-corrected chi connectivity index (χ4v) is 5.28. The highest BCUT2D eigenvalue weighted by atomic mass is 35.5. The third-order valence-corrected chi connectivity index (χ3v) is 7.06. The van der Waals surface area contributed by atoms with Gasteiger partial charge >= 0.3 is 5.97 Å². The molecule has 0 unspecified atom stereocenters. The molecule has 0 aliphatic carbocycles. The number of likely N-dealkylation sites (tertiary alicyclic amines) is 1. The Hall–Kier alpha value is -3.49. The number of thiazole rings is 1. The summed E-state index contributed by atoms with van der Waals surface area (Å²) in [5, 5.41) is 13.5. The zero-order chi connectivity index (χ0) is 23.8. The second kappa shape index (κ2) is 9.04. The van der Waals surface area contributed by atoms with Gasteiger partial charge in [0.05, 0.1) is 20.8 Å². The van der Waals surface area contributed by atoms with Gasteiger partial charge in [0.15, 0.2) is 5.13 Å². The van der Waals surface area contributed by atoms with Crippen LogP contribution in [0, 0.1) is 5.82 Å². The van der Waals surface area contributed by atoms with Crippen molar-refractivity contribution in [1.29, 1.82) is 0 Å². The predicted molar refractivity (Wildman–Crippen MR) is 131 cm³/mol. The standard InChI is InChI=1S/C25H19ClFN3O3S/c26-19-12-15(5-9-18(19)23(31)30-11-1-2-21(30)24(32)33)14-3-7-17(8-4-14)28-25-29-20-10-6-16(27)13-22(20)34-25/h3-10,12-13,21H,1-2,11H2,(H,28,29)(H,32,33)/t21-/m0/s1. The molecule has 1 aliphatic rings. The van der Waals surface area contributed by atoms with E-state index in [0.717, 1.165) is 27.0 Å². The van der Waals surface area contributed by atoms with Crippen molar-refractivity contribution in [3.8, 4) is 11.1 Å². The second-order valence-corrected chi connectivity index (χ2v) is 9.46. The number of carbonyl (C=O) groups is 2. The lowest BCUT2D eigenvalue weighted by molar-refractivity contribution is -0.141. The number of hydrogen-bond donors (Lipinski definition) is 2. The molecule has 1 amide bonds. The van der Waals surface area contributed by atoms with Gasteiger partial charge in [-0.25, -0.2) is 14.2 Å². The van der Waals surface area contributed by atoms with Crippen LogP contribution in [0.25, 0.3) is 21.3 Å². The minimum Gasteiger partial charge on any atom is -0.480 e. The summed E-state index contributed by atoms with van der Waals surface area (Å²) >= 11 is 7.80. The summed E-state index contributed by atoms with van der Waals surface area (Å²) in [4.78, 5) is 30.1. The van der Waals surface area contributed by atoms with E-state index < -0.39 is 12.0 Å². The normalized spacial score (nSPS) is 15.6. The lowest BCUT2D eigenvalue weighted by Gasteiger charge is -2.22. The number of carboxylic acid groups (broad SMARTS) is 1. The number of rotatable bonds is 5. The van der Waals surface area contributed by atoms with Gasteiger partial charge < -0.3 is 15.3 Å². The maximum atomic E-state index is 13.4. The Morgan fingerprint density at radius 3 is 2.59 bits per heavy atom.